The Kier molecular flexibility index (Phi) is 5.91. The first-order chi connectivity index (χ1) is 12.9. The van der Waals surface area contributed by atoms with Crippen LogP contribution in [-0.2, 0) is 21.2 Å². The van der Waals surface area contributed by atoms with Gasteiger partial charge < -0.3 is 10.6 Å². The maximum atomic E-state index is 12.3. The number of anilines is 1. The van der Waals surface area contributed by atoms with E-state index >= 15 is 0 Å². The number of nitrogens with zero attached hydrogens (tertiary/aromatic N) is 1. The van der Waals surface area contributed by atoms with Crippen LogP contribution in [-0.4, -0.2) is 26.7 Å². The smallest absolute Gasteiger partial charge is 0.286 e. The maximum Gasteiger partial charge on any atom is 0.286 e. The van der Waals surface area contributed by atoms with Gasteiger partial charge in [-0.05, 0) is 30.0 Å². The number of para-hydroxylation sites is 1. The van der Waals surface area contributed by atoms with Gasteiger partial charge in [-0.15, -0.1) is 4.40 Å². The van der Waals surface area contributed by atoms with Gasteiger partial charge in [0.05, 0.1) is 5.69 Å². The van der Waals surface area contributed by atoms with Crippen molar-refractivity contribution in [3.63, 3.8) is 0 Å². The van der Waals surface area contributed by atoms with Crippen molar-refractivity contribution in [2.24, 2.45) is 10.3 Å². The summed E-state index contributed by atoms with van der Waals surface area (Å²) >= 11 is 0. The molecular formula is C20H23N3O3S. The summed E-state index contributed by atoms with van der Waals surface area (Å²) in [5.41, 5.74) is 1.71. The topological polar surface area (TPSA) is 87.6 Å². The van der Waals surface area contributed by atoms with Gasteiger partial charge in [0.1, 0.15) is 10.7 Å². The zero-order valence-electron chi connectivity index (χ0n) is 15.2. The van der Waals surface area contributed by atoms with Crippen molar-refractivity contribution < 1.29 is 13.2 Å². The minimum absolute atomic E-state index is 0.0339. The highest BCUT2D eigenvalue weighted by atomic mass is 32.2. The molecular weight excluding hydrogens is 362 g/mol. The Morgan fingerprint density at radius 3 is 2.59 bits per heavy atom. The average molecular weight is 385 g/mol. The van der Waals surface area contributed by atoms with Crippen LogP contribution in [0.5, 0.6) is 0 Å². The summed E-state index contributed by atoms with van der Waals surface area (Å²) < 4.78 is 28.4. The van der Waals surface area contributed by atoms with Crippen LogP contribution < -0.4 is 10.6 Å². The Labute approximate surface area is 159 Å². The molecule has 7 heteroatoms. The number of amidine groups is 1. The second-order valence-corrected chi connectivity index (χ2v) is 8.31. The molecule has 0 bridgehead atoms. The number of hydrogen-bond acceptors (Lipinski definition) is 4. The SMILES string of the molecule is C[C@H](CC(=O)NCCc1ccccc1)CC1=NS(=O)(=O)c2ccccc2N1. The van der Waals surface area contributed by atoms with Crippen LogP contribution in [0.1, 0.15) is 25.3 Å². The number of amides is 1. The summed E-state index contributed by atoms with van der Waals surface area (Å²) in [5.74, 6) is 0.296. The summed E-state index contributed by atoms with van der Waals surface area (Å²) in [6, 6.07) is 16.6. The van der Waals surface area contributed by atoms with Crippen molar-refractivity contribution in [3.05, 3.63) is 60.2 Å². The predicted octanol–water partition coefficient (Wildman–Crippen LogP) is 2.97. The van der Waals surface area contributed by atoms with Crippen molar-refractivity contribution in [3.8, 4) is 0 Å². The number of sulfonamides is 1. The monoisotopic (exact) mass is 385 g/mol. The minimum Gasteiger partial charge on any atom is -0.356 e. The lowest BCUT2D eigenvalue weighted by Crippen LogP contribution is -2.29. The molecule has 0 fully saturated rings. The molecule has 1 aliphatic heterocycles. The van der Waals surface area contributed by atoms with E-state index in [0.717, 1.165) is 6.42 Å². The summed E-state index contributed by atoms with van der Waals surface area (Å²) in [5, 5.41) is 5.97. The van der Waals surface area contributed by atoms with Crippen molar-refractivity contribution in [2.75, 3.05) is 11.9 Å². The van der Waals surface area contributed by atoms with E-state index < -0.39 is 10.0 Å². The molecule has 1 atom stereocenters. The molecule has 1 amide bonds. The highest BCUT2D eigenvalue weighted by molar-refractivity contribution is 7.90. The standard InChI is InChI=1S/C20H23N3O3S/c1-15(14-20(24)21-12-11-16-7-3-2-4-8-16)13-19-22-17-9-5-6-10-18(17)27(25,26)23-19/h2-10,15H,11-14H2,1H3,(H,21,24)(H,22,23)/t15-/m0/s1. The van der Waals surface area contributed by atoms with E-state index in [4.69, 9.17) is 0 Å². The third-order valence-electron chi connectivity index (χ3n) is 4.33. The Hall–Kier alpha value is -2.67. The highest BCUT2D eigenvalue weighted by Gasteiger charge is 2.25. The quantitative estimate of drug-likeness (QED) is 0.767. The molecule has 1 heterocycles. The van der Waals surface area contributed by atoms with Crippen LogP contribution in [0, 0.1) is 5.92 Å². The number of rotatable bonds is 7. The van der Waals surface area contributed by atoms with Gasteiger partial charge >= 0.3 is 0 Å². The third-order valence-corrected chi connectivity index (χ3v) is 5.70. The molecule has 0 aliphatic carbocycles. The first kappa shape index (κ1) is 19.1. The summed E-state index contributed by atoms with van der Waals surface area (Å²) in [4.78, 5) is 12.3. The van der Waals surface area contributed by atoms with Gasteiger partial charge in [-0.1, -0.05) is 49.4 Å². The molecule has 2 aromatic carbocycles. The average Bonchev–Trinajstić information content (AvgIpc) is 2.62. The number of benzene rings is 2. The van der Waals surface area contributed by atoms with E-state index in [-0.39, 0.29) is 16.7 Å². The van der Waals surface area contributed by atoms with Crippen molar-refractivity contribution >= 4 is 27.5 Å². The van der Waals surface area contributed by atoms with Gasteiger partial charge in [-0.25, -0.2) is 0 Å². The van der Waals surface area contributed by atoms with Gasteiger partial charge in [0.2, 0.25) is 5.91 Å². The maximum absolute atomic E-state index is 12.3. The normalized spacial score (nSPS) is 15.8. The zero-order chi connectivity index (χ0) is 19.3. The van der Waals surface area contributed by atoms with Crippen LogP contribution in [0.3, 0.4) is 0 Å². The molecule has 142 valence electrons. The van der Waals surface area contributed by atoms with Crippen molar-refractivity contribution in [2.45, 2.75) is 31.1 Å². The fourth-order valence-corrected chi connectivity index (χ4v) is 4.19. The van der Waals surface area contributed by atoms with Gasteiger partial charge in [0, 0.05) is 19.4 Å². The van der Waals surface area contributed by atoms with Crippen molar-refractivity contribution in [1.29, 1.82) is 0 Å². The first-order valence-electron chi connectivity index (χ1n) is 8.94. The van der Waals surface area contributed by atoms with Crippen LogP contribution in [0.25, 0.3) is 0 Å². The van der Waals surface area contributed by atoms with E-state index in [0.29, 0.717) is 30.9 Å². The predicted molar refractivity (Wildman–Crippen MR) is 106 cm³/mol. The highest BCUT2D eigenvalue weighted by Crippen LogP contribution is 2.28. The molecule has 0 aromatic heterocycles. The fraction of sp³-hybridized carbons (Fsp3) is 0.300. The van der Waals surface area contributed by atoms with E-state index in [1.807, 2.05) is 37.3 Å². The molecule has 0 unspecified atom stereocenters. The first-order valence-corrected chi connectivity index (χ1v) is 10.4. The van der Waals surface area contributed by atoms with Gasteiger partial charge in [-0.3, -0.25) is 4.79 Å². The number of carbonyl (C=O) groups excluding carboxylic acids is 1. The van der Waals surface area contributed by atoms with E-state index in [2.05, 4.69) is 15.0 Å². The molecule has 1 aliphatic rings. The number of hydrogen-bond donors (Lipinski definition) is 2. The Balaban J connectivity index is 1.50. The van der Waals surface area contributed by atoms with Gasteiger partial charge in [0.25, 0.3) is 10.0 Å². The van der Waals surface area contributed by atoms with E-state index in [1.165, 1.54) is 11.6 Å². The lowest BCUT2D eigenvalue weighted by molar-refractivity contribution is -0.121. The number of carbonyl (C=O) groups is 1. The lowest BCUT2D eigenvalue weighted by Gasteiger charge is -2.20. The molecule has 0 spiro atoms. The Morgan fingerprint density at radius 1 is 1.11 bits per heavy atom. The molecule has 6 nitrogen and oxygen atoms in total. The molecule has 0 radical (unpaired) electrons. The molecule has 27 heavy (non-hydrogen) atoms. The lowest BCUT2D eigenvalue weighted by atomic mass is 10.0. The molecule has 2 aromatic rings. The molecule has 0 saturated carbocycles. The minimum atomic E-state index is -3.69. The molecule has 2 N–H and O–H groups in total. The Morgan fingerprint density at radius 2 is 1.81 bits per heavy atom. The molecule has 0 saturated heterocycles. The fourth-order valence-electron chi connectivity index (χ4n) is 3.04. The van der Waals surface area contributed by atoms with Crippen LogP contribution >= 0.6 is 0 Å². The largest absolute Gasteiger partial charge is 0.356 e. The summed E-state index contributed by atoms with van der Waals surface area (Å²) in [6.07, 6.45) is 1.49. The van der Waals surface area contributed by atoms with Gasteiger partial charge in [-0.2, -0.15) is 8.42 Å². The number of fused-ring (bicyclic) bond motifs is 1. The van der Waals surface area contributed by atoms with E-state index in [9.17, 15) is 13.2 Å². The van der Waals surface area contributed by atoms with Crippen LogP contribution in [0.15, 0.2) is 63.9 Å². The second kappa shape index (κ2) is 8.35. The zero-order valence-corrected chi connectivity index (χ0v) is 16.0. The van der Waals surface area contributed by atoms with Gasteiger partial charge in [0.15, 0.2) is 0 Å². The third kappa shape index (κ3) is 5.17. The Bertz CT molecular complexity index is 940. The van der Waals surface area contributed by atoms with Crippen LogP contribution in [0.2, 0.25) is 0 Å². The summed E-state index contributed by atoms with van der Waals surface area (Å²) in [7, 11) is -3.69. The second-order valence-electron chi connectivity index (χ2n) is 6.73. The van der Waals surface area contributed by atoms with Crippen molar-refractivity contribution in [1.82, 2.24) is 5.32 Å². The molecule has 3 rings (SSSR count). The summed E-state index contributed by atoms with van der Waals surface area (Å²) in [6.45, 7) is 2.49. The number of nitrogens with one attached hydrogen (secondary N) is 2. The van der Waals surface area contributed by atoms with Crippen LogP contribution in [0.4, 0.5) is 5.69 Å². The van der Waals surface area contributed by atoms with E-state index in [1.54, 1.807) is 18.2 Å².